The molecular weight excluding hydrogens is 140 g/mol. The lowest BCUT2D eigenvalue weighted by molar-refractivity contribution is -0.118. The lowest BCUT2D eigenvalue weighted by Gasteiger charge is -2.00. The molecule has 0 fully saturated rings. The average Bonchev–Trinajstić information content (AvgIpc) is 2.34. The first-order valence-corrected chi connectivity index (χ1v) is 3.63. The van der Waals surface area contributed by atoms with Crippen molar-refractivity contribution in [2.24, 2.45) is 0 Å². The van der Waals surface area contributed by atoms with Gasteiger partial charge in [-0.1, -0.05) is 0 Å². The van der Waals surface area contributed by atoms with Gasteiger partial charge < -0.3 is 0 Å². The summed E-state index contributed by atoms with van der Waals surface area (Å²) in [4.78, 5) is 10.9. The van der Waals surface area contributed by atoms with E-state index < -0.39 is 0 Å². The minimum atomic E-state index is -0.0834. The summed E-state index contributed by atoms with van der Waals surface area (Å²) in [5, 5.41) is 6.79. The quantitative estimate of drug-likeness (QED) is 0.704. The van der Waals surface area contributed by atoms with E-state index in [1.807, 2.05) is 19.9 Å². The maximum Gasteiger partial charge on any atom is 0.138 e. The number of aromatic nitrogens is 2. The third-order valence-corrected chi connectivity index (χ3v) is 1.78. The zero-order valence-corrected chi connectivity index (χ0v) is 7.01. The molecule has 0 aromatic carbocycles. The van der Waals surface area contributed by atoms with Crippen LogP contribution in [-0.4, -0.2) is 16.0 Å². The van der Waals surface area contributed by atoms with E-state index in [0.29, 0.717) is 0 Å². The third kappa shape index (κ3) is 1.67. The Morgan fingerprint density at radius 3 is 2.82 bits per heavy atom. The van der Waals surface area contributed by atoms with Crippen molar-refractivity contribution in [1.29, 1.82) is 0 Å². The van der Waals surface area contributed by atoms with Crippen molar-refractivity contribution >= 4 is 5.78 Å². The Morgan fingerprint density at radius 1 is 1.82 bits per heavy atom. The molecule has 1 aromatic rings. The maximum absolute atomic E-state index is 10.9. The van der Waals surface area contributed by atoms with Crippen LogP contribution in [0.25, 0.3) is 0 Å². The number of hydrogen-bond donors (Lipinski definition) is 1. The Bertz CT molecular complexity index is 270. The number of hydrogen-bond acceptors (Lipinski definition) is 2. The highest BCUT2D eigenvalue weighted by molar-refractivity contribution is 5.82. The van der Waals surface area contributed by atoms with Crippen LogP contribution >= 0.6 is 0 Å². The largest absolute Gasteiger partial charge is 0.299 e. The normalized spacial score (nSPS) is 13.0. The van der Waals surface area contributed by atoms with E-state index in [9.17, 15) is 4.79 Å². The van der Waals surface area contributed by atoms with E-state index in [0.717, 1.165) is 11.4 Å². The standard InChI is InChI=1S/C8H12N2O.H2/c1-5-4-8(10-9-5)6(2)7(3)11;/h4,6H,1-3H3,(H,9,10);1H. The fraction of sp³-hybridized carbons (Fsp3) is 0.500. The van der Waals surface area contributed by atoms with Gasteiger partial charge in [-0.25, -0.2) is 0 Å². The first-order valence-electron chi connectivity index (χ1n) is 3.63. The summed E-state index contributed by atoms with van der Waals surface area (Å²) in [6.07, 6.45) is 0. The predicted octanol–water partition coefficient (Wildman–Crippen LogP) is 1.66. The van der Waals surface area contributed by atoms with E-state index in [1.54, 1.807) is 6.92 Å². The summed E-state index contributed by atoms with van der Waals surface area (Å²) in [5.74, 6) is 0.0662. The molecular formula is C8H14N2O. The Labute approximate surface area is 67.3 Å². The predicted molar refractivity (Wildman–Crippen MR) is 44.5 cm³/mol. The van der Waals surface area contributed by atoms with Gasteiger partial charge in [-0.05, 0) is 26.8 Å². The van der Waals surface area contributed by atoms with Gasteiger partial charge in [0.1, 0.15) is 5.78 Å². The second kappa shape index (κ2) is 2.86. The molecule has 3 heteroatoms. The molecule has 0 spiro atoms. The fourth-order valence-electron chi connectivity index (χ4n) is 0.869. The van der Waals surface area contributed by atoms with Crippen LogP contribution in [0.15, 0.2) is 6.07 Å². The number of nitrogens with zero attached hydrogens (tertiary/aromatic N) is 1. The molecule has 0 bridgehead atoms. The van der Waals surface area contributed by atoms with Crippen molar-refractivity contribution in [2.45, 2.75) is 26.7 Å². The molecule has 0 amide bonds. The van der Waals surface area contributed by atoms with Crippen molar-refractivity contribution < 1.29 is 6.22 Å². The minimum Gasteiger partial charge on any atom is -0.299 e. The average molecular weight is 154 g/mol. The topological polar surface area (TPSA) is 45.8 Å². The Balaban J connectivity index is 0.00000121. The van der Waals surface area contributed by atoms with E-state index in [4.69, 9.17) is 0 Å². The van der Waals surface area contributed by atoms with Gasteiger partial charge in [0.05, 0.1) is 11.6 Å². The molecule has 62 valence electrons. The van der Waals surface area contributed by atoms with E-state index >= 15 is 0 Å². The molecule has 1 N–H and O–H groups in total. The fourth-order valence-corrected chi connectivity index (χ4v) is 0.869. The number of aromatic amines is 1. The molecule has 1 aromatic heterocycles. The van der Waals surface area contributed by atoms with Crippen molar-refractivity contribution in [1.82, 2.24) is 10.2 Å². The highest BCUT2D eigenvalue weighted by Crippen LogP contribution is 2.13. The third-order valence-electron chi connectivity index (χ3n) is 1.78. The zero-order valence-electron chi connectivity index (χ0n) is 7.01. The molecule has 1 atom stereocenters. The Morgan fingerprint density at radius 2 is 2.45 bits per heavy atom. The highest BCUT2D eigenvalue weighted by atomic mass is 16.1. The van der Waals surface area contributed by atoms with Gasteiger partial charge >= 0.3 is 0 Å². The van der Waals surface area contributed by atoms with Gasteiger partial charge in [0.25, 0.3) is 0 Å². The van der Waals surface area contributed by atoms with Crippen LogP contribution in [0.3, 0.4) is 0 Å². The van der Waals surface area contributed by atoms with Gasteiger partial charge in [0.2, 0.25) is 0 Å². The van der Waals surface area contributed by atoms with E-state index in [1.165, 1.54) is 0 Å². The smallest absolute Gasteiger partial charge is 0.138 e. The number of carbonyl (C=O) groups is 1. The number of Topliss-reactive ketones (excluding diaryl/α,β-unsaturated/α-hetero) is 1. The van der Waals surface area contributed by atoms with Crippen LogP contribution in [0, 0.1) is 6.92 Å². The van der Waals surface area contributed by atoms with Gasteiger partial charge in [0.15, 0.2) is 0 Å². The minimum absolute atomic E-state index is 0. The number of aryl methyl sites for hydroxylation is 1. The Hall–Kier alpha value is -1.12. The zero-order chi connectivity index (χ0) is 8.43. The summed E-state index contributed by atoms with van der Waals surface area (Å²) in [7, 11) is 0. The van der Waals surface area contributed by atoms with Crippen LogP contribution in [0.1, 0.15) is 32.6 Å². The van der Waals surface area contributed by atoms with Gasteiger partial charge in [-0.2, -0.15) is 5.10 Å². The van der Waals surface area contributed by atoms with Crippen molar-refractivity contribution in [3.8, 4) is 0 Å². The summed E-state index contributed by atoms with van der Waals surface area (Å²) >= 11 is 0. The number of H-pyrrole nitrogens is 1. The SMILES string of the molecule is CC(=O)C(C)c1cc(C)[nH]n1.[HH]. The first kappa shape index (κ1) is 7.98. The molecule has 1 heterocycles. The second-order valence-electron chi connectivity index (χ2n) is 2.81. The molecule has 0 aliphatic rings. The number of carbonyl (C=O) groups excluding carboxylic acids is 1. The van der Waals surface area contributed by atoms with Gasteiger partial charge in [-0.15, -0.1) is 0 Å². The lowest BCUT2D eigenvalue weighted by atomic mass is 10.0. The van der Waals surface area contributed by atoms with Crippen LogP contribution < -0.4 is 0 Å². The van der Waals surface area contributed by atoms with E-state index in [2.05, 4.69) is 10.2 Å². The lowest BCUT2D eigenvalue weighted by Crippen LogP contribution is -2.04. The first-order chi connectivity index (χ1) is 5.11. The van der Waals surface area contributed by atoms with Crippen molar-refractivity contribution in [2.75, 3.05) is 0 Å². The van der Waals surface area contributed by atoms with Crippen molar-refractivity contribution in [3.63, 3.8) is 0 Å². The number of rotatable bonds is 2. The molecule has 0 aliphatic carbocycles. The summed E-state index contributed by atoms with van der Waals surface area (Å²) in [6.45, 7) is 5.36. The monoisotopic (exact) mass is 154 g/mol. The van der Waals surface area contributed by atoms with Crippen LogP contribution in [0.5, 0.6) is 0 Å². The van der Waals surface area contributed by atoms with Crippen LogP contribution in [-0.2, 0) is 4.79 Å². The number of nitrogens with one attached hydrogen (secondary N) is 1. The molecule has 1 unspecified atom stereocenters. The van der Waals surface area contributed by atoms with Crippen molar-refractivity contribution in [3.05, 3.63) is 17.5 Å². The summed E-state index contributed by atoms with van der Waals surface area (Å²) in [6, 6.07) is 1.89. The molecule has 0 aliphatic heterocycles. The number of ketones is 1. The molecule has 0 saturated carbocycles. The molecule has 3 nitrogen and oxygen atoms in total. The molecule has 1 rings (SSSR count). The molecule has 0 radical (unpaired) electrons. The van der Waals surface area contributed by atoms with Crippen LogP contribution in [0.2, 0.25) is 0 Å². The molecule has 11 heavy (non-hydrogen) atoms. The summed E-state index contributed by atoms with van der Waals surface area (Å²) in [5.41, 5.74) is 1.82. The second-order valence-corrected chi connectivity index (χ2v) is 2.81. The van der Waals surface area contributed by atoms with Gasteiger partial charge in [0, 0.05) is 7.12 Å². The van der Waals surface area contributed by atoms with E-state index in [-0.39, 0.29) is 13.1 Å². The van der Waals surface area contributed by atoms with Gasteiger partial charge in [-0.3, -0.25) is 9.89 Å². The Kier molecular flexibility index (Phi) is 2.08. The van der Waals surface area contributed by atoms with Crippen LogP contribution in [0.4, 0.5) is 0 Å². The highest BCUT2D eigenvalue weighted by Gasteiger charge is 2.12. The summed E-state index contributed by atoms with van der Waals surface area (Å²) < 4.78 is 0. The maximum atomic E-state index is 10.9. The molecule has 0 saturated heterocycles.